The van der Waals surface area contributed by atoms with Crippen molar-refractivity contribution in [3.05, 3.63) is 41.0 Å². The Morgan fingerprint density at radius 1 is 1.44 bits per heavy atom. The fourth-order valence-corrected chi connectivity index (χ4v) is 1.26. The zero-order chi connectivity index (χ0) is 12.1. The van der Waals surface area contributed by atoms with E-state index in [0.717, 1.165) is 19.2 Å². The predicted octanol–water partition coefficient (Wildman–Crippen LogP) is 3.00. The zero-order valence-electron chi connectivity index (χ0n) is 8.47. The van der Waals surface area contributed by atoms with E-state index in [1.165, 1.54) is 12.2 Å². The summed E-state index contributed by atoms with van der Waals surface area (Å²) >= 11 is 5.39. The van der Waals surface area contributed by atoms with Gasteiger partial charge in [0.05, 0.1) is 7.11 Å². The molecular formula is C11H9ClF2O2. The van der Waals surface area contributed by atoms with Crippen molar-refractivity contribution in [1.29, 1.82) is 0 Å². The molecule has 86 valence electrons. The highest BCUT2D eigenvalue weighted by molar-refractivity contribution is 6.19. The lowest BCUT2D eigenvalue weighted by Crippen LogP contribution is -2.08. The second-order valence-corrected chi connectivity index (χ2v) is 3.22. The summed E-state index contributed by atoms with van der Waals surface area (Å²) in [6.45, 7) is 0. The van der Waals surface area contributed by atoms with Crippen molar-refractivity contribution in [1.82, 2.24) is 0 Å². The van der Waals surface area contributed by atoms with Gasteiger partial charge in [-0.15, -0.1) is 11.6 Å². The van der Waals surface area contributed by atoms with Crippen molar-refractivity contribution < 1.29 is 18.3 Å². The van der Waals surface area contributed by atoms with Crippen LogP contribution in [0.3, 0.4) is 0 Å². The first-order valence-corrected chi connectivity index (χ1v) is 4.93. The quantitative estimate of drug-likeness (QED) is 0.605. The third-order valence-corrected chi connectivity index (χ3v) is 2.03. The molecule has 0 radical (unpaired) electrons. The molecule has 1 aromatic carbocycles. The van der Waals surface area contributed by atoms with E-state index in [4.69, 9.17) is 11.6 Å². The number of carbonyl (C=O) groups is 1. The molecule has 0 spiro atoms. The van der Waals surface area contributed by atoms with Gasteiger partial charge in [-0.2, -0.15) is 0 Å². The summed E-state index contributed by atoms with van der Waals surface area (Å²) in [4.78, 5) is 11.0. The van der Waals surface area contributed by atoms with Crippen molar-refractivity contribution in [3.63, 3.8) is 0 Å². The Labute approximate surface area is 96.5 Å². The summed E-state index contributed by atoms with van der Waals surface area (Å²) in [5.41, 5.74) is -0.395. The van der Waals surface area contributed by atoms with Crippen LogP contribution < -0.4 is 0 Å². The lowest BCUT2D eigenvalue weighted by atomic mass is 10.1. The van der Waals surface area contributed by atoms with Gasteiger partial charge < -0.3 is 4.74 Å². The van der Waals surface area contributed by atoms with Crippen molar-refractivity contribution in [2.75, 3.05) is 13.0 Å². The van der Waals surface area contributed by atoms with Crippen LogP contribution in [0.4, 0.5) is 8.78 Å². The first-order valence-electron chi connectivity index (χ1n) is 4.40. The van der Waals surface area contributed by atoms with E-state index >= 15 is 0 Å². The lowest BCUT2D eigenvalue weighted by molar-refractivity contribution is 0.0590. The third-order valence-electron chi connectivity index (χ3n) is 1.85. The lowest BCUT2D eigenvalue weighted by Gasteiger charge is -2.04. The standard InChI is InChI=1S/C11H9ClF2O2/c1-16-11(15)10-8(13)5-7(3-2-4-12)6-9(10)14/h2-3,5-6H,4H2,1H3. The molecule has 1 rings (SSSR count). The van der Waals surface area contributed by atoms with E-state index in [1.807, 2.05) is 0 Å². The van der Waals surface area contributed by atoms with Crippen LogP contribution in [0.1, 0.15) is 15.9 Å². The third kappa shape index (κ3) is 2.79. The summed E-state index contributed by atoms with van der Waals surface area (Å²) in [6.07, 6.45) is 2.99. The maximum atomic E-state index is 13.4. The molecule has 16 heavy (non-hydrogen) atoms. The molecule has 0 heterocycles. The van der Waals surface area contributed by atoms with E-state index in [2.05, 4.69) is 4.74 Å². The normalized spacial score (nSPS) is 10.8. The number of hydrogen-bond acceptors (Lipinski definition) is 2. The zero-order valence-corrected chi connectivity index (χ0v) is 9.22. The van der Waals surface area contributed by atoms with Gasteiger partial charge in [-0.25, -0.2) is 13.6 Å². The van der Waals surface area contributed by atoms with Crippen LogP contribution in [-0.2, 0) is 4.74 Å². The summed E-state index contributed by atoms with van der Waals surface area (Å²) in [6, 6.07) is 2.08. The SMILES string of the molecule is COC(=O)c1c(F)cc(C=CCCl)cc1F. The molecule has 0 N–H and O–H groups in total. The average Bonchev–Trinajstić information content (AvgIpc) is 2.25. The molecule has 5 heteroatoms. The number of benzene rings is 1. The second-order valence-electron chi connectivity index (χ2n) is 2.91. The molecule has 0 amide bonds. The number of hydrogen-bond donors (Lipinski definition) is 0. The van der Waals surface area contributed by atoms with Crippen LogP contribution in [0.25, 0.3) is 6.08 Å². The highest BCUT2D eigenvalue weighted by Crippen LogP contribution is 2.17. The number of ether oxygens (including phenoxy) is 1. The first-order chi connectivity index (χ1) is 7.60. The summed E-state index contributed by atoms with van der Waals surface area (Å²) in [7, 11) is 1.06. The Balaban J connectivity index is 3.17. The average molecular weight is 247 g/mol. The van der Waals surface area contributed by atoms with Crippen LogP contribution >= 0.6 is 11.6 Å². The maximum Gasteiger partial charge on any atom is 0.343 e. The summed E-state index contributed by atoms with van der Waals surface area (Å²) < 4.78 is 31.0. The minimum Gasteiger partial charge on any atom is -0.465 e. The molecule has 1 aromatic rings. The first kappa shape index (κ1) is 12.6. The van der Waals surface area contributed by atoms with Crippen LogP contribution in [0.15, 0.2) is 18.2 Å². The molecule has 0 saturated carbocycles. The largest absolute Gasteiger partial charge is 0.465 e. The number of methoxy groups -OCH3 is 1. The minimum atomic E-state index is -1.04. The van der Waals surface area contributed by atoms with Gasteiger partial charge in [0, 0.05) is 5.88 Å². The van der Waals surface area contributed by atoms with E-state index < -0.39 is 23.2 Å². The van der Waals surface area contributed by atoms with Gasteiger partial charge in [-0.05, 0) is 17.7 Å². The van der Waals surface area contributed by atoms with Crippen LogP contribution in [0.2, 0.25) is 0 Å². The molecule has 0 aromatic heterocycles. The molecular weight excluding hydrogens is 238 g/mol. The van der Waals surface area contributed by atoms with Crippen molar-refractivity contribution >= 4 is 23.6 Å². The number of rotatable bonds is 3. The number of alkyl halides is 1. The van der Waals surface area contributed by atoms with E-state index in [0.29, 0.717) is 5.56 Å². The number of carbonyl (C=O) groups excluding carboxylic acids is 1. The highest BCUT2D eigenvalue weighted by atomic mass is 35.5. The number of halogens is 3. The van der Waals surface area contributed by atoms with Crippen molar-refractivity contribution in [2.45, 2.75) is 0 Å². The Morgan fingerprint density at radius 2 is 2.00 bits per heavy atom. The van der Waals surface area contributed by atoms with Crippen LogP contribution in [-0.4, -0.2) is 19.0 Å². The van der Waals surface area contributed by atoms with Gasteiger partial charge in [0.1, 0.15) is 17.2 Å². The number of allylic oxidation sites excluding steroid dienone is 1. The monoisotopic (exact) mass is 246 g/mol. The van der Waals surface area contributed by atoms with Gasteiger partial charge >= 0.3 is 5.97 Å². The van der Waals surface area contributed by atoms with Crippen molar-refractivity contribution in [3.8, 4) is 0 Å². The molecule has 0 saturated heterocycles. The second kappa shape index (κ2) is 5.61. The summed E-state index contributed by atoms with van der Waals surface area (Å²) in [5, 5.41) is 0. The van der Waals surface area contributed by atoms with Gasteiger partial charge in [0.25, 0.3) is 0 Å². The van der Waals surface area contributed by atoms with Gasteiger partial charge in [-0.3, -0.25) is 0 Å². The van der Waals surface area contributed by atoms with E-state index in [9.17, 15) is 13.6 Å². The molecule has 2 nitrogen and oxygen atoms in total. The smallest absolute Gasteiger partial charge is 0.343 e. The molecule has 0 unspecified atom stereocenters. The summed E-state index contributed by atoms with van der Waals surface area (Å²) in [5.74, 6) is -2.72. The fourth-order valence-electron chi connectivity index (χ4n) is 1.17. The topological polar surface area (TPSA) is 26.3 Å². The number of esters is 1. The van der Waals surface area contributed by atoms with E-state index in [1.54, 1.807) is 0 Å². The van der Waals surface area contributed by atoms with Gasteiger partial charge in [0.15, 0.2) is 0 Å². The molecule has 0 aliphatic carbocycles. The Morgan fingerprint density at radius 3 is 2.44 bits per heavy atom. The van der Waals surface area contributed by atoms with Gasteiger partial charge in [-0.1, -0.05) is 12.2 Å². The minimum absolute atomic E-state index is 0.238. The maximum absolute atomic E-state index is 13.4. The Bertz CT molecular complexity index is 407. The highest BCUT2D eigenvalue weighted by Gasteiger charge is 2.18. The Kier molecular flexibility index (Phi) is 4.43. The fraction of sp³-hybridized carbons (Fsp3) is 0.182. The molecule has 0 atom stereocenters. The van der Waals surface area contributed by atoms with Crippen LogP contribution in [0.5, 0.6) is 0 Å². The van der Waals surface area contributed by atoms with Gasteiger partial charge in [0.2, 0.25) is 0 Å². The predicted molar refractivity (Wildman–Crippen MR) is 57.5 cm³/mol. The molecule has 0 bridgehead atoms. The Hall–Kier alpha value is -1.42. The van der Waals surface area contributed by atoms with Crippen LogP contribution in [0, 0.1) is 11.6 Å². The molecule has 0 fully saturated rings. The molecule has 0 aliphatic heterocycles. The van der Waals surface area contributed by atoms with E-state index in [-0.39, 0.29) is 5.88 Å². The van der Waals surface area contributed by atoms with Crippen molar-refractivity contribution in [2.24, 2.45) is 0 Å². The molecule has 0 aliphatic rings.